The molecule has 1 atom stereocenters. The number of carbonyl (C=O) groups is 1. The molecule has 0 spiro atoms. The molecule has 5 nitrogen and oxygen atoms in total. The zero-order chi connectivity index (χ0) is 14.5. The van der Waals surface area contributed by atoms with Gasteiger partial charge in [0.2, 0.25) is 10.0 Å². The summed E-state index contributed by atoms with van der Waals surface area (Å²) in [5, 5.41) is 9.50. The van der Waals surface area contributed by atoms with Gasteiger partial charge in [0.1, 0.15) is 0 Å². The Morgan fingerprint density at radius 3 is 2.37 bits per heavy atom. The first-order valence-electron chi connectivity index (χ1n) is 6.15. The van der Waals surface area contributed by atoms with E-state index in [-0.39, 0.29) is 17.2 Å². The van der Waals surface area contributed by atoms with Gasteiger partial charge in [0.15, 0.2) is 5.78 Å². The van der Waals surface area contributed by atoms with E-state index in [1.54, 1.807) is 0 Å². The summed E-state index contributed by atoms with van der Waals surface area (Å²) in [6, 6.07) is 5.70. The number of sulfonamides is 1. The van der Waals surface area contributed by atoms with Crippen molar-refractivity contribution in [2.75, 3.05) is 6.54 Å². The maximum Gasteiger partial charge on any atom is 0.240 e. The number of carbonyl (C=O) groups excluding carboxylic acids is 1. The average Bonchev–Trinajstić information content (AvgIpc) is 2.37. The SMILES string of the molecule is CCCC(O)CNS(=O)(=O)c1ccc(C(C)=O)cc1. The molecule has 0 aliphatic heterocycles. The van der Waals surface area contributed by atoms with E-state index in [1.807, 2.05) is 6.92 Å². The van der Waals surface area contributed by atoms with E-state index in [4.69, 9.17) is 0 Å². The highest BCUT2D eigenvalue weighted by Crippen LogP contribution is 2.11. The van der Waals surface area contributed by atoms with Crippen molar-refractivity contribution in [3.8, 4) is 0 Å². The molecule has 0 saturated carbocycles. The summed E-state index contributed by atoms with van der Waals surface area (Å²) in [6.07, 6.45) is 0.651. The van der Waals surface area contributed by atoms with Crippen molar-refractivity contribution in [3.63, 3.8) is 0 Å². The van der Waals surface area contributed by atoms with Crippen molar-refractivity contribution in [2.45, 2.75) is 37.7 Å². The standard InChI is InChI=1S/C13H19NO4S/c1-3-4-12(16)9-14-19(17,18)13-7-5-11(6-8-13)10(2)15/h5-8,12,14,16H,3-4,9H2,1-2H3. The molecule has 1 unspecified atom stereocenters. The molecule has 0 aliphatic carbocycles. The smallest absolute Gasteiger partial charge is 0.240 e. The van der Waals surface area contributed by atoms with E-state index in [0.29, 0.717) is 12.0 Å². The Hall–Kier alpha value is -1.24. The molecule has 2 N–H and O–H groups in total. The molecule has 0 amide bonds. The lowest BCUT2D eigenvalue weighted by molar-refractivity contribution is 0.101. The van der Waals surface area contributed by atoms with E-state index in [0.717, 1.165) is 6.42 Å². The van der Waals surface area contributed by atoms with Gasteiger partial charge in [-0.25, -0.2) is 13.1 Å². The Kier molecular flexibility index (Phi) is 5.65. The Bertz CT molecular complexity index is 522. The molecule has 1 aromatic rings. The fraction of sp³-hybridized carbons (Fsp3) is 0.462. The predicted molar refractivity (Wildman–Crippen MR) is 72.5 cm³/mol. The summed E-state index contributed by atoms with van der Waals surface area (Å²) in [7, 11) is -3.64. The minimum Gasteiger partial charge on any atom is -0.392 e. The zero-order valence-corrected chi connectivity index (χ0v) is 11.9. The van der Waals surface area contributed by atoms with Crippen LogP contribution in [0.3, 0.4) is 0 Å². The van der Waals surface area contributed by atoms with Crippen molar-refractivity contribution in [3.05, 3.63) is 29.8 Å². The van der Waals surface area contributed by atoms with E-state index in [1.165, 1.54) is 31.2 Å². The summed E-state index contributed by atoms with van der Waals surface area (Å²) in [4.78, 5) is 11.2. The first-order chi connectivity index (χ1) is 8.86. The van der Waals surface area contributed by atoms with Gasteiger partial charge in [0, 0.05) is 12.1 Å². The van der Waals surface area contributed by atoms with Crippen LogP contribution in [0.1, 0.15) is 37.0 Å². The van der Waals surface area contributed by atoms with E-state index < -0.39 is 16.1 Å². The van der Waals surface area contributed by atoms with Crippen molar-refractivity contribution in [1.82, 2.24) is 4.72 Å². The second-order valence-corrected chi connectivity index (χ2v) is 6.14. The second-order valence-electron chi connectivity index (χ2n) is 4.37. The summed E-state index contributed by atoms with van der Waals surface area (Å²) >= 11 is 0. The van der Waals surface area contributed by atoms with Crippen molar-refractivity contribution in [2.24, 2.45) is 0 Å². The van der Waals surface area contributed by atoms with Crippen LogP contribution in [0.4, 0.5) is 0 Å². The maximum atomic E-state index is 11.9. The third-order valence-electron chi connectivity index (χ3n) is 2.70. The Labute approximate surface area is 113 Å². The minimum atomic E-state index is -3.64. The molecule has 1 rings (SSSR count). The monoisotopic (exact) mass is 285 g/mol. The fourth-order valence-electron chi connectivity index (χ4n) is 1.59. The number of nitrogens with one attached hydrogen (secondary N) is 1. The zero-order valence-electron chi connectivity index (χ0n) is 11.1. The molecular weight excluding hydrogens is 266 g/mol. The summed E-state index contributed by atoms with van der Waals surface area (Å²) in [5.74, 6) is -0.115. The van der Waals surface area contributed by atoms with Gasteiger partial charge in [0.05, 0.1) is 11.0 Å². The number of rotatable bonds is 7. The first-order valence-corrected chi connectivity index (χ1v) is 7.64. The molecule has 1 aromatic carbocycles. The van der Waals surface area contributed by atoms with Crippen LogP contribution in [0.15, 0.2) is 29.2 Å². The molecule has 0 fully saturated rings. The minimum absolute atomic E-state index is 0.00929. The largest absolute Gasteiger partial charge is 0.392 e. The number of hydrogen-bond donors (Lipinski definition) is 2. The van der Waals surface area contributed by atoms with Crippen molar-refractivity contribution in [1.29, 1.82) is 0 Å². The molecule has 106 valence electrons. The van der Waals surface area contributed by atoms with E-state index in [9.17, 15) is 18.3 Å². The van der Waals surface area contributed by atoms with E-state index in [2.05, 4.69) is 4.72 Å². The van der Waals surface area contributed by atoms with Crippen LogP contribution in [0.5, 0.6) is 0 Å². The third-order valence-corrected chi connectivity index (χ3v) is 4.14. The lowest BCUT2D eigenvalue weighted by atomic mass is 10.2. The quantitative estimate of drug-likeness (QED) is 0.740. The van der Waals surface area contributed by atoms with Gasteiger partial charge < -0.3 is 5.11 Å². The molecule has 0 radical (unpaired) electrons. The lowest BCUT2D eigenvalue weighted by Crippen LogP contribution is -2.32. The van der Waals surface area contributed by atoms with Gasteiger partial charge in [-0.15, -0.1) is 0 Å². The van der Waals surface area contributed by atoms with Crippen molar-refractivity contribution < 1.29 is 18.3 Å². The second kappa shape index (κ2) is 6.79. The Morgan fingerprint density at radius 1 is 1.32 bits per heavy atom. The first kappa shape index (κ1) is 15.8. The van der Waals surface area contributed by atoms with Crippen LogP contribution in [0.25, 0.3) is 0 Å². The van der Waals surface area contributed by atoms with Crippen LogP contribution >= 0.6 is 0 Å². The summed E-state index contributed by atoms with van der Waals surface area (Å²) in [5.41, 5.74) is 0.463. The van der Waals surface area contributed by atoms with Crippen LogP contribution in [-0.4, -0.2) is 32.0 Å². The van der Waals surface area contributed by atoms with Gasteiger partial charge in [-0.2, -0.15) is 0 Å². The summed E-state index contributed by atoms with van der Waals surface area (Å²) < 4.78 is 26.2. The Balaban J connectivity index is 2.74. The normalized spacial score (nSPS) is 13.2. The third kappa shape index (κ3) is 4.74. The van der Waals surface area contributed by atoms with Gasteiger partial charge in [-0.05, 0) is 25.5 Å². The molecular formula is C13H19NO4S. The number of ketones is 1. The van der Waals surface area contributed by atoms with Gasteiger partial charge in [-0.1, -0.05) is 25.5 Å². The average molecular weight is 285 g/mol. The highest BCUT2D eigenvalue weighted by atomic mass is 32.2. The molecule has 0 saturated heterocycles. The van der Waals surface area contributed by atoms with E-state index >= 15 is 0 Å². The van der Waals surface area contributed by atoms with Crippen molar-refractivity contribution >= 4 is 15.8 Å². The molecule has 0 aromatic heterocycles. The predicted octanol–water partition coefficient (Wildman–Crippen LogP) is 1.33. The number of Topliss-reactive ketones (excluding diaryl/α,β-unsaturated/α-hetero) is 1. The van der Waals surface area contributed by atoms with Crippen LogP contribution in [0, 0.1) is 0 Å². The highest BCUT2D eigenvalue weighted by molar-refractivity contribution is 7.89. The lowest BCUT2D eigenvalue weighted by Gasteiger charge is -2.11. The maximum absolute atomic E-state index is 11.9. The Morgan fingerprint density at radius 2 is 1.89 bits per heavy atom. The van der Waals surface area contributed by atoms with Gasteiger partial charge >= 0.3 is 0 Å². The van der Waals surface area contributed by atoms with Crippen LogP contribution < -0.4 is 4.72 Å². The summed E-state index contributed by atoms with van der Waals surface area (Å²) in [6.45, 7) is 3.33. The fourth-order valence-corrected chi connectivity index (χ4v) is 2.67. The molecule has 0 bridgehead atoms. The topological polar surface area (TPSA) is 83.5 Å². The number of aliphatic hydroxyl groups is 1. The van der Waals surface area contributed by atoms with Gasteiger partial charge in [-0.3, -0.25) is 4.79 Å². The number of hydrogen-bond acceptors (Lipinski definition) is 4. The highest BCUT2D eigenvalue weighted by Gasteiger charge is 2.15. The molecule has 19 heavy (non-hydrogen) atoms. The molecule has 6 heteroatoms. The molecule has 0 aliphatic rings. The number of benzene rings is 1. The van der Waals surface area contributed by atoms with Gasteiger partial charge in [0.25, 0.3) is 0 Å². The molecule has 0 heterocycles. The van der Waals surface area contributed by atoms with Crippen LogP contribution in [-0.2, 0) is 10.0 Å². The van der Waals surface area contributed by atoms with Crippen LogP contribution in [0.2, 0.25) is 0 Å². The number of aliphatic hydroxyl groups excluding tert-OH is 1.